The number of aromatic nitrogens is 4. The molecule has 0 radical (unpaired) electrons. The second-order valence-corrected chi connectivity index (χ2v) is 9.83. The summed E-state index contributed by atoms with van der Waals surface area (Å²) in [6.07, 6.45) is 5.99. The number of sulfonamides is 1. The van der Waals surface area contributed by atoms with Gasteiger partial charge in [0, 0.05) is 44.2 Å². The van der Waals surface area contributed by atoms with Crippen LogP contribution in [0, 0.1) is 0 Å². The fourth-order valence-electron chi connectivity index (χ4n) is 3.30. The third-order valence-electron chi connectivity index (χ3n) is 4.89. The molecule has 3 rings (SSSR count). The number of unbranched alkanes of at least 4 members (excludes halogenated alkanes) is 1. The van der Waals surface area contributed by atoms with Gasteiger partial charge in [0.2, 0.25) is 10.0 Å². The Balaban J connectivity index is 1.97. The number of rotatable bonds is 10. The second kappa shape index (κ2) is 9.32. The minimum absolute atomic E-state index is 0.303. The van der Waals surface area contributed by atoms with Gasteiger partial charge in [0.15, 0.2) is 5.16 Å². The highest BCUT2D eigenvalue weighted by Crippen LogP contribution is 2.29. The summed E-state index contributed by atoms with van der Waals surface area (Å²) in [5, 5.41) is 5.13. The van der Waals surface area contributed by atoms with Crippen LogP contribution in [-0.2, 0) is 29.4 Å². The molecular weight excluding hydrogens is 406 g/mol. The van der Waals surface area contributed by atoms with Gasteiger partial charge in [0.05, 0.1) is 22.1 Å². The molecule has 0 aliphatic rings. The van der Waals surface area contributed by atoms with Crippen LogP contribution in [0.3, 0.4) is 0 Å². The number of hydrogen-bond acceptors (Lipinski definition) is 5. The number of imidazole rings is 1. The first-order valence-electron chi connectivity index (χ1n) is 10.0. The van der Waals surface area contributed by atoms with E-state index in [0.717, 1.165) is 46.9 Å². The fourth-order valence-corrected chi connectivity index (χ4v) is 5.73. The van der Waals surface area contributed by atoms with Gasteiger partial charge in [0.25, 0.3) is 0 Å². The SMILES string of the molecule is CCCCn1c(SCc2cnn(C)c2)nc2cc(S(=O)(=O)N(CC)CC)ccc21. The molecule has 0 aliphatic carbocycles. The number of aryl methyl sites for hydroxylation is 2. The highest BCUT2D eigenvalue weighted by Gasteiger charge is 2.23. The number of thioether (sulfide) groups is 1. The Bertz CT molecular complexity index is 1070. The molecule has 2 aromatic heterocycles. The van der Waals surface area contributed by atoms with Crippen LogP contribution in [0.4, 0.5) is 0 Å². The first-order chi connectivity index (χ1) is 13.9. The Morgan fingerprint density at radius 1 is 1.17 bits per heavy atom. The number of nitrogens with zero attached hydrogens (tertiary/aromatic N) is 5. The molecule has 2 heterocycles. The lowest BCUT2D eigenvalue weighted by molar-refractivity contribution is 0.445. The molecule has 7 nitrogen and oxygen atoms in total. The van der Waals surface area contributed by atoms with Crippen molar-refractivity contribution in [3.05, 3.63) is 36.2 Å². The van der Waals surface area contributed by atoms with Crippen LogP contribution >= 0.6 is 11.8 Å². The minimum Gasteiger partial charge on any atom is -0.319 e. The van der Waals surface area contributed by atoms with E-state index in [0.29, 0.717) is 18.0 Å². The summed E-state index contributed by atoms with van der Waals surface area (Å²) in [6.45, 7) is 7.64. The van der Waals surface area contributed by atoms with Gasteiger partial charge in [-0.15, -0.1) is 0 Å². The Morgan fingerprint density at radius 2 is 1.93 bits per heavy atom. The summed E-state index contributed by atoms with van der Waals surface area (Å²) in [5.41, 5.74) is 2.84. The molecule has 0 saturated heterocycles. The molecule has 0 spiro atoms. The zero-order valence-corrected chi connectivity index (χ0v) is 19.1. The van der Waals surface area contributed by atoms with Gasteiger partial charge in [-0.3, -0.25) is 4.68 Å². The van der Waals surface area contributed by atoms with Gasteiger partial charge in [-0.05, 0) is 24.6 Å². The monoisotopic (exact) mass is 435 g/mol. The van der Waals surface area contributed by atoms with Crippen LogP contribution in [0.25, 0.3) is 11.0 Å². The number of hydrogen-bond donors (Lipinski definition) is 0. The van der Waals surface area contributed by atoms with Crippen LogP contribution in [0.5, 0.6) is 0 Å². The second-order valence-electron chi connectivity index (χ2n) is 6.95. The van der Waals surface area contributed by atoms with Gasteiger partial charge < -0.3 is 4.57 Å². The summed E-state index contributed by atoms with van der Waals surface area (Å²) in [5.74, 6) is 0.772. The van der Waals surface area contributed by atoms with E-state index in [2.05, 4.69) is 16.6 Å². The standard InChI is InChI=1S/C20H29N5O2S2/c1-5-8-11-25-19-10-9-17(29(26,27)24(6-2)7-3)12-18(19)22-20(25)28-15-16-13-21-23(4)14-16/h9-10,12-14H,5-8,11,15H2,1-4H3. The first kappa shape index (κ1) is 21.9. The van der Waals surface area contributed by atoms with Crippen molar-refractivity contribution in [2.45, 2.75) is 56.0 Å². The van der Waals surface area contributed by atoms with Crippen LogP contribution in [0.15, 0.2) is 40.6 Å². The van der Waals surface area contributed by atoms with E-state index in [4.69, 9.17) is 4.98 Å². The minimum atomic E-state index is -3.50. The molecule has 0 fully saturated rings. The molecule has 3 aromatic rings. The molecule has 9 heteroatoms. The molecule has 29 heavy (non-hydrogen) atoms. The van der Waals surface area contributed by atoms with Crippen molar-refractivity contribution in [3.63, 3.8) is 0 Å². The van der Waals surface area contributed by atoms with Crippen LogP contribution in [0.1, 0.15) is 39.2 Å². The van der Waals surface area contributed by atoms with E-state index in [-0.39, 0.29) is 0 Å². The average molecular weight is 436 g/mol. The van der Waals surface area contributed by atoms with E-state index in [1.54, 1.807) is 28.6 Å². The lowest BCUT2D eigenvalue weighted by atomic mass is 10.3. The highest BCUT2D eigenvalue weighted by atomic mass is 32.2. The van der Waals surface area contributed by atoms with Crippen molar-refractivity contribution in [3.8, 4) is 0 Å². The van der Waals surface area contributed by atoms with Gasteiger partial charge in [0.1, 0.15) is 0 Å². The van der Waals surface area contributed by atoms with E-state index < -0.39 is 10.0 Å². The molecule has 0 atom stereocenters. The Hall–Kier alpha value is -1.84. The van der Waals surface area contributed by atoms with Crippen molar-refractivity contribution >= 4 is 32.8 Å². The van der Waals surface area contributed by atoms with E-state index in [1.165, 1.54) is 4.31 Å². The predicted molar refractivity (Wildman–Crippen MR) is 118 cm³/mol. The number of fused-ring (bicyclic) bond motifs is 1. The highest BCUT2D eigenvalue weighted by molar-refractivity contribution is 7.98. The largest absolute Gasteiger partial charge is 0.319 e. The van der Waals surface area contributed by atoms with Crippen LogP contribution in [0.2, 0.25) is 0 Å². The maximum Gasteiger partial charge on any atom is 0.243 e. The van der Waals surface area contributed by atoms with Crippen molar-refractivity contribution in [2.24, 2.45) is 7.05 Å². The predicted octanol–water partition coefficient (Wildman–Crippen LogP) is 3.89. The van der Waals surface area contributed by atoms with E-state index in [1.807, 2.05) is 39.4 Å². The zero-order valence-electron chi connectivity index (χ0n) is 17.5. The average Bonchev–Trinajstić information content (AvgIpc) is 3.27. The lowest BCUT2D eigenvalue weighted by Crippen LogP contribution is -2.30. The Morgan fingerprint density at radius 3 is 2.55 bits per heavy atom. The van der Waals surface area contributed by atoms with Gasteiger partial charge in [-0.25, -0.2) is 13.4 Å². The summed E-state index contributed by atoms with van der Waals surface area (Å²) in [4.78, 5) is 5.09. The summed E-state index contributed by atoms with van der Waals surface area (Å²) >= 11 is 1.66. The smallest absolute Gasteiger partial charge is 0.243 e. The molecule has 1 aromatic carbocycles. The number of benzene rings is 1. The van der Waals surface area contributed by atoms with Gasteiger partial charge in [-0.2, -0.15) is 9.40 Å². The van der Waals surface area contributed by atoms with Crippen molar-refractivity contribution < 1.29 is 8.42 Å². The molecule has 0 unspecified atom stereocenters. The molecule has 0 bridgehead atoms. The topological polar surface area (TPSA) is 73.0 Å². The van der Waals surface area contributed by atoms with E-state index in [9.17, 15) is 8.42 Å². The van der Waals surface area contributed by atoms with Gasteiger partial charge >= 0.3 is 0 Å². The first-order valence-corrected chi connectivity index (χ1v) is 12.4. The Kier molecular flexibility index (Phi) is 7.02. The Labute approximate surface area is 177 Å². The molecular formula is C20H29N5O2S2. The quantitative estimate of drug-likeness (QED) is 0.452. The van der Waals surface area contributed by atoms with Crippen molar-refractivity contribution in [2.75, 3.05) is 13.1 Å². The molecule has 0 amide bonds. The third-order valence-corrected chi connectivity index (χ3v) is 7.98. The molecule has 158 valence electrons. The van der Waals surface area contributed by atoms with Crippen molar-refractivity contribution in [1.29, 1.82) is 0 Å². The summed E-state index contributed by atoms with van der Waals surface area (Å²) < 4.78 is 31.3. The van der Waals surface area contributed by atoms with Crippen LogP contribution in [-0.4, -0.2) is 45.1 Å². The third kappa shape index (κ3) is 4.67. The fraction of sp³-hybridized carbons (Fsp3) is 0.500. The van der Waals surface area contributed by atoms with Gasteiger partial charge in [-0.1, -0.05) is 39.0 Å². The molecule has 0 saturated carbocycles. The zero-order chi connectivity index (χ0) is 21.0. The van der Waals surface area contributed by atoms with E-state index >= 15 is 0 Å². The normalized spacial score (nSPS) is 12.3. The maximum atomic E-state index is 12.9. The summed E-state index contributed by atoms with van der Waals surface area (Å²) in [7, 11) is -1.59. The molecule has 0 N–H and O–H groups in total. The van der Waals surface area contributed by atoms with Crippen LogP contribution < -0.4 is 0 Å². The lowest BCUT2D eigenvalue weighted by Gasteiger charge is -2.18. The molecule has 0 aliphatic heterocycles. The van der Waals surface area contributed by atoms with Crippen molar-refractivity contribution in [1.82, 2.24) is 23.6 Å². The summed E-state index contributed by atoms with van der Waals surface area (Å²) in [6, 6.07) is 5.30. The maximum absolute atomic E-state index is 12.9.